The zero-order chi connectivity index (χ0) is 13.5. The Morgan fingerprint density at radius 3 is 2.72 bits per heavy atom. The molecule has 3 nitrogen and oxygen atoms in total. The molecule has 1 aromatic carbocycles. The Hall–Kier alpha value is -1.42. The van der Waals surface area contributed by atoms with Crippen LogP contribution in [-0.2, 0) is 11.3 Å². The molecule has 0 aromatic heterocycles. The first kappa shape index (κ1) is 14.6. The third-order valence-electron chi connectivity index (χ3n) is 3.00. The van der Waals surface area contributed by atoms with Gasteiger partial charge in [0.15, 0.2) is 0 Å². The maximum Gasteiger partial charge on any atom is 0.224 e. The lowest BCUT2D eigenvalue weighted by atomic mass is 10.1. The van der Waals surface area contributed by atoms with Gasteiger partial charge in [0.1, 0.15) is 5.82 Å². The molecule has 0 bridgehead atoms. The van der Waals surface area contributed by atoms with Gasteiger partial charge in [-0.15, -0.1) is 0 Å². The number of carbonyl (C=O) groups excluding carboxylic acids is 1. The lowest BCUT2D eigenvalue weighted by molar-refractivity contribution is -0.125. The minimum Gasteiger partial charge on any atom is -0.352 e. The molecular formula is C14H21FN2O. The van der Waals surface area contributed by atoms with Crippen LogP contribution in [-0.4, -0.2) is 19.5 Å². The molecule has 1 aromatic rings. The molecule has 0 radical (unpaired) electrons. The normalized spacial score (nSPS) is 12.2. The minimum absolute atomic E-state index is 0.0171. The van der Waals surface area contributed by atoms with Gasteiger partial charge in [-0.2, -0.15) is 0 Å². The van der Waals surface area contributed by atoms with Crippen molar-refractivity contribution in [2.24, 2.45) is 5.92 Å². The van der Waals surface area contributed by atoms with Gasteiger partial charge in [0.05, 0.1) is 5.92 Å². The highest BCUT2D eigenvalue weighted by molar-refractivity contribution is 5.78. The maximum absolute atomic E-state index is 13.1. The summed E-state index contributed by atoms with van der Waals surface area (Å²) in [7, 11) is 1.83. The smallest absolute Gasteiger partial charge is 0.224 e. The second-order valence-corrected chi connectivity index (χ2v) is 4.46. The summed E-state index contributed by atoms with van der Waals surface area (Å²) in [5.41, 5.74) is 1.52. The Kier molecular flexibility index (Phi) is 5.78. The number of nitrogens with one attached hydrogen (secondary N) is 2. The Morgan fingerprint density at radius 1 is 1.44 bits per heavy atom. The molecule has 0 aliphatic carbocycles. The number of hydrogen-bond donors (Lipinski definition) is 2. The molecule has 4 heteroatoms. The largest absolute Gasteiger partial charge is 0.352 e. The summed E-state index contributed by atoms with van der Waals surface area (Å²) >= 11 is 0. The average Bonchev–Trinajstić information content (AvgIpc) is 2.37. The number of halogens is 1. The van der Waals surface area contributed by atoms with Crippen LogP contribution < -0.4 is 10.6 Å². The number of amides is 1. The van der Waals surface area contributed by atoms with Gasteiger partial charge in [0.25, 0.3) is 0 Å². The van der Waals surface area contributed by atoms with Crippen molar-refractivity contribution in [2.75, 3.05) is 13.6 Å². The van der Waals surface area contributed by atoms with E-state index in [-0.39, 0.29) is 17.6 Å². The molecule has 0 fully saturated rings. The van der Waals surface area contributed by atoms with Crippen LogP contribution in [0, 0.1) is 18.7 Å². The van der Waals surface area contributed by atoms with Crippen molar-refractivity contribution < 1.29 is 9.18 Å². The van der Waals surface area contributed by atoms with Gasteiger partial charge in [-0.1, -0.05) is 19.1 Å². The third-order valence-corrected chi connectivity index (χ3v) is 3.00. The third kappa shape index (κ3) is 4.11. The first-order valence-corrected chi connectivity index (χ1v) is 6.25. The van der Waals surface area contributed by atoms with E-state index in [9.17, 15) is 9.18 Å². The van der Waals surface area contributed by atoms with Gasteiger partial charge in [-0.3, -0.25) is 4.79 Å². The molecule has 1 unspecified atom stereocenters. The lowest BCUT2D eigenvalue weighted by Gasteiger charge is -2.14. The van der Waals surface area contributed by atoms with E-state index in [1.165, 1.54) is 6.07 Å². The quantitative estimate of drug-likeness (QED) is 0.813. The summed E-state index contributed by atoms with van der Waals surface area (Å²) in [6, 6.07) is 4.89. The van der Waals surface area contributed by atoms with Crippen LogP contribution in [0.1, 0.15) is 24.5 Å². The van der Waals surface area contributed by atoms with E-state index < -0.39 is 0 Å². The van der Waals surface area contributed by atoms with Crippen molar-refractivity contribution in [1.29, 1.82) is 0 Å². The van der Waals surface area contributed by atoms with Gasteiger partial charge in [0, 0.05) is 13.1 Å². The summed E-state index contributed by atoms with van der Waals surface area (Å²) in [4.78, 5) is 11.9. The highest BCUT2D eigenvalue weighted by Crippen LogP contribution is 2.09. The predicted octanol–water partition coefficient (Wildman–Crippen LogP) is 2.00. The molecule has 1 amide bonds. The van der Waals surface area contributed by atoms with E-state index in [1.54, 1.807) is 19.1 Å². The van der Waals surface area contributed by atoms with E-state index in [4.69, 9.17) is 0 Å². The molecule has 0 saturated carbocycles. The number of carbonyl (C=O) groups is 1. The Bertz CT molecular complexity index is 407. The molecular weight excluding hydrogens is 231 g/mol. The zero-order valence-corrected chi connectivity index (χ0v) is 11.2. The monoisotopic (exact) mass is 252 g/mol. The standard InChI is InChI=1S/C14H21FN2O/c1-4-12(9-16-3)14(18)17-8-11-5-6-13(15)10(2)7-11/h5-7,12,16H,4,8-9H2,1-3H3,(H,17,18). The highest BCUT2D eigenvalue weighted by Gasteiger charge is 2.14. The molecule has 0 spiro atoms. The second kappa shape index (κ2) is 7.11. The molecule has 0 aliphatic heterocycles. The van der Waals surface area contributed by atoms with Crippen molar-refractivity contribution in [2.45, 2.75) is 26.8 Å². The summed E-state index contributed by atoms with van der Waals surface area (Å²) < 4.78 is 13.1. The summed E-state index contributed by atoms with van der Waals surface area (Å²) in [6.07, 6.45) is 0.801. The van der Waals surface area contributed by atoms with Crippen LogP contribution in [0.15, 0.2) is 18.2 Å². The summed E-state index contributed by atoms with van der Waals surface area (Å²) in [6.45, 7) is 4.82. The SMILES string of the molecule is CCC(CNC)C(=O)NCc1ccc(F)c(C)c1. The van der Waals surface area contributed by atoms with Gasteiger partial charge in [0.2, 0.25) is 5.91 Å². The van der Waals surface area contributed by atoms with Crippen LogP contribution in [0.3, 0.4) is 0 Å². The fraction of sp³-hybridized carbons (Fsp3) is 0.500. The van der Waals surface area contributed by atoms with Gasteiger partial charge < -0.3 is 10.6 Å². The highest BCUT2D eigenvalue weighted by atomic mass is 19.1. The molecule has 2 N–H and O–H groups in total. The maximum atomic E-state index is 13.1. The number of hydrogen-bond acceptors (Lipinski definition) is 2. The fourth-order valence-electron chi connectivity index (χ4n) is 1.82. The van der Waals surface area contributed by atoms with E-state index in [2.05, 4.69) is 10.6 Å². The van der Waals surface area contributed by atoms with Crippen molar-refractivity contribution in [3.05, 3.63) is 35.1 Å². The number of aryl methyl sites for hydroxylation is 1. The summed E-state index contributed by atoms with van der Waals surface area (Å²) in [5.74, 6) is -0.197. The van der Waals surface area contributed by atoms with Crippen LogP contribution in [0.2, 0.25) is 0 Å². The minimum atomic E-state index is -0.216. The zero-order valence-electron chi connectivity index (χ0n) is 11.2. The number of benzene rings is 1. The van der Waals surface area contributed by atoms with Gasteiger partial charge >= 0.3 is 0 Å². The lowest BCUT2D eigenvalue weighted by Crippen LogP contribution is -2.35. The molecule has 1 rings (SSSR count). The van der Waals surface area contributed by atoms with Crippen LogP contribution in [0.5, 0.6) is 0 Å². The van der Waals surface area contributed by atoms with E-state index in [0.29, 0.717) is 18.7 Å². The molecule has 1 atom stereocenters. The molecule has 0 aliphatic rings. The average molecular weight is 252 g/mol. The Morgan fingerprint density at radius 2 is 2.17 bits per heavy atom. The summed E-state index contributed by atoms with van der Waals surface area (Å²) in [5, 5.41) is 5.88. The predicted molar refractivity (Wildman–Crippen MR) is 70.7 cm³/mol. The van der Waals surface area contributed by atoms with Crippen LogP contribution >= 0.6 is 0 Å². The van der Waals surface area contributed by atoms with E-state index in [1.807, 2.05) is 14.0 Å². The van der Waals surface area contributed by atoms with E-state index >= 15 is 0 Å². The van der Waals surface area contributed by atoms with Gasteiger partial charge in [-0.05, 0) is 37.6 Å². The van der Waals surface area contributed by atoms with Crippen LogP contribution in [0.4, 0.5) is 4.39 Å². The first-order valence-electron chi connectivity index (χ1n) is 6.25. The molecule has 0 saturated heterocycles. The first-order chi connectivity index (χ1) is 8.58. The molecule has 18 heavy (non-hydrogen) atoms. The van der Waals surface area contributed by atoms with Gasteiger partial charge in [-0.25, -0.2) is 4.39 Å². The van der Waals surface area contributed by atoms with Crippen molar-refractivity contribution >= 4 is 5.91 Å². The van der Waals surface area contributed by atoms with Crippen molar-refractivity contribution in [1.82, 2.24) is 10.6 Å². The van der Waals surface area contributed by atoms with Crippen molar-refractivity contribution in [3.63, 3.8) is 0 Å². The topological polar surface area (TPSA) is 41.1 Å². The molecule has 0 heterocycles. The van der Waals surface area contributed by atoms with Crippen LogP contribution in [0.25, 0.3) is 0 Å². The number of rotatable bonds is 6. The molecule has 100 valence electrons. The van der Waals surface area contributed by atoms with E-state index in [0.717, 1.165) is 12.0 Å². The van der Waals surface area contributed by atoms with Crippen molar-refractivity contribution in [3.8, 4) is 0 Å². The Labute approximate surface area is 108 Å². The fourth-order valence-corrected chi connectivity index (χ4v) is 1.82. The second-order valence-electron chi connectivity index (χ2n) is 4.46. The Balaban J connectivity index is 2.53.